The van der Waals surface area contributed by atoms with Gasteiger partial charge in [0.2, 0.25) is 0 Å². The molecule has 1 N–H and O–H groups in total. The fourth-order valence-electron chi connectivity index (χ4n) is 2.87. The lowest BCUT2D eigenvalue weighted by atomic mass is 9.81. The molecule has 1 saturated heterocycles. The third kappa shape index (κ3) is 4.72. The maximum atomic E-state index is 11.6. The van der Waals surface area contributed by atoms with E-state index in [-0.39, 0.29) is 11.5 Å². The monoisotopic (exact) mass is 290 g/mol. The zero-order valence-electron chi connectivity index (χ0n) is 12.9. The van der Waals surface area contributed by atoms with Gasteiger partial charge in [0.15, 0.2) is 9.84 Å². The summed E-state index contributed by atoms with van der Waals surface area (Å²) >= 11 is 0. The molecular formula is C14H30N2O2S. The fourth-order valence-corrected chi connectivity index (χ4v) is 4.49. The number of nitrogens with zero attached hydrogens (tertiary/aromatic N) is 1. The molecule has 4 nitrogen and oxygen atoms in total. The van der Waals surface area contributed by atoms with Crippen LogP contribution in [0, 0.1) is 5.41 Å². The highest BCUT2D eigenvalue weighted by Gasteiger charge is 2.34. The molecule has 1 aliphatic heterocycles. The summed E-state index contributed by atoms with van der Waals surface area (Å²) in [4.78, 5) is 2.37. The van der Waals surface area contributed by atoms with Crippen LogP contribution in [0.4, 0.5) is 0 Å². The van der Waals surface area contributed by atoms with Gasteiger partial charge < -0.3 is 5.32 Å². The van der Waals surface area contributed by atoms with Crippen LogP contribution in [0.5, 0.6) is 0 Å². The average molecular weight is 290 g/mol. The van der Waals surface area contributed by atoms with Gasteiger partial charge in [0.05, 0.1) is 11.5 Å². The second kappa shape index (κ2) is 7.04. The predicted octanol–water partition coefficient (Wildman–Crippen LogP) is 1.52. The molecule has 0 bridgehead atoms. The molecule has 1 aliphatic rings. The molecule has 1 unspecified atom stereocenters. The molecule has 1 heterocycles. The molecule has 0 aromatic heterocycles. The topological polar surface area (TPSA) is 49.4 Å². The van der Waals surface area contributed by atoms with Crippen molar-refractivity contribution >= 4 is 9.84 Å². The molecule has 0 aromatic rings. The molecule has 1 fully saturated rings. The summed E-state index contributed by atoms with van der Waals surface area (Å²) in [6.45, 7) is 12.4. The second-order valence-corrected chi connectivity index (χ2v) is 8.15. The Labute approximate surface area is 118 Å². The van der Waals surface area contributed by atoms with E-state index in [2.05, 4.69) is 31.0 Å². The number of hydrogen-bond acceptors (Lipinski definition) is 4. The van der Waals surface area contributed by atoms with Gasteiger partial charge in [-0.3, -0.25) is 4.90 Å². The van der Waals surface area contributed by atoms with E-state index in [0.29, 0.717) is 18.1 Å². The van der Waals surface area contributed by atoms with Gasteiger partial charge in [-0.05, 0) is 31.7 Å². The van der Waals surface area contributed by atoms with E-state index in [0.717, 1.165) is 32.5 Å². The first-order valence-electron chi connectivity index (χ1n) is 7.53. The summed E-state index contributed by atoms with van der Waals surface area (Å²) in [5.41, 5.74) is 0.269. The molecule has 0 saturated carbocycles. The molecule has 1 rings (SSSR count). The second-order valence-electron chi connectivity index (χ2n) is 5.92. The van der Waals surface area contributed by atoms with Crippen LogP contribution in [0.2, 0.25) is 0 Å². The van der Waals surface area contributed by atoms with Gasteiger partial charge in [0, 0.05) is 25.7 Å². The van der Waals surface area contributed by atoms with Crippen LogP contribution >= 0.6 is 0 Å². The van der Waals surface area contributed by atoms with Crippen molar-refractivity contribution in [3.05, 3.63) is 0 Å². The van der Waals surface area contributed by atoms with Crippen molar-refractivity contribution in [2.45, 2.75) is 46.6 Å². The molecule has 0 spiro atoms. The lowest BCUT2D eigenvalue weighted by Crippen LogP contribution is -2.52. The van der Waals surface area contributed by atoms with Gasteiger partial charge >= 0.3 is 0 Å². The van der Waals surface area contributed by atoms with Crippen LogP contribution in [0.15, 0.2) is 0 Å². The lowest BCUT2D eigenvalue weighted by molar-refractivity contribution is 0.113. The van der Waals surface area contributed by atoms with Gasteiger partial charge in [-0.15, -0.1) is 0 Å². The minimum atomic E-state index is -2.81. The van der Waals surface area contributed by atoms with Gasteiger partial charge in [0.25, 0.3) is 0 Å². The smallest absolute Gasteiger partial charge is 0.153 e. The van der Waals surface area contributed by atoms with Gasteiger partial charge in [-0.25, -0.2) is 8.42 Å². The summed E-state index contributed by atoms with van der Waals surface area (Å²) in [5.74, 6) is 0.639. The van der Waals surface area contributed by atoms with Crippen LogP contribution < -0.4 is 5.32 Å². The molecule has 0 amide bonds. The van der Waals surface area contributed by atoms with Crippen molar-refractivity contribution in [3.63, 3.8) is 0 Å². The van der Waals surface area contributed by atoms with Crippen LogP contribution in [-0.4, -0.2) is 57.0 Å². The summed E-state index contributed by atoms with van der Waals surface area (Å²) in [7, 11) is -2.81. The number of rotatable bonds is 7. The molecular weight excluding hydrogens is 260 g/mol. The lowest BCUT2D eigenvalue weighted by Gasteiger charge is -2.42. The van der Waals surface area contributed by atoms with E-state index >= 15 is 0 Å². The molecule has 19 heavy (non-hydrogen) atoms. The van der Waals surface area contributed by atoms with Crippen LogP contribution in [0.3, 0.4) is 0 Å². The minimum Gasteiger partial charge on any atom is -0.316 e. The Morgan fingerprint density at radius 3 is 2.37 bits per heavy atom. The van der Waals surface area contributed by atoms with E-state index < -0.39 is 9.84 Å². The van der Waals surface area contributed by atoms with E-state index in [4.69, 9.17) is 0 Å². The summed E-state index contributed by atoms with van der Waals surface area (Å²) in [6.07, 6.45) is 2.26. The SMILES string of the molecule is CCNCC(CC)(CC)CN1CCS(=O)(=O)CC1C. The van der Waals surface area contributed by atoms with Crippen LogP contribution in [0.25, 0.3) is 0 Å². The average Bonchev–Trinajstić information content (AvgIpc) is 2.37. The van der Waals surface area contributed by atoms with Crippen molar-refractivity contribution in [2.24, 2.45) is 5.41 Å². The highest BCUT2D eigenvalue weighted by Crippen LogP contribution is 2.28. The van der Waals surface area contributed by atoms with E-state index in [9.17, 15) is 8.42 Å². The highest BCUT2D eigenvalue weighted by atomic mass is 32.2. The maximum absolute atomic E-state index is 11.6. The van der Waals surface area contributed by atoms with E-state index in [1.165, 1.54) is 0 Å². The molecule has 114 valence electrons. The quantitative estimate of drug-likeness (QED) is 0.772. The summed E-state index contributed by atoms with van der Waals surface area (Å²) < 4.78 is 23.3. The van der Waals surface area contributed by atoms with Crippen LogP contribution in [0.1, 0.15) is 40.5 Å². The fraction of sp³-hybridized carbons (Fsp3) is 1.00. The first-order chi connectivity index (χ1) is 8.88. The summed E-state index contributed by atoms with van der Waals surface area (Å²) in [5, 5.41) is 3.47. The van der Waals surface area contributed by atoms with Crippen molar-refractivity contribution in [2.75, 3.05) is 37.7 Å². The number of nitrogens with one attached hydrogen (secondary N) is 1. The van der Waals surface area contributed by atoms with E-state index in [1.54, 1.807) is 0 Å². The Balaban J connectivity index is 2.69. The predicted molar refractivity (Wildman–Crippen MR) is 81.2 cm³/mol. The van der Waals surface area contributed by atoms with E-state index in [1.807, 2.05) is 6.92 Å². The third-order valence-electron chi connectivity index (χ3n) is 4.60. The Bertz CT molecular complexity index is 364. The van der Waals surface area contributed by atoms with Crippen LogP contribution in [-0.2, 0) is 9.84 Å². The zero-order chi connectivity index (χ0) is 14.5. The maximum Gasteiger partial charge on any atom is 0.153 e. The van der Waals surface area contributed by atoms with Gasteiger partial charge in [-0.1, -0.05) is 20.8 Å². The first-order valence-corrected chi connectivity index (χ1v) is 9.35. The number of hydrogen-bond donors (Lipinski definition) is 1. The highest BCUT2D eigenvalue weighted by molar-refractivity contribution is 7.91. The molecule has 1 atom stereocenters. The van der Waals surface area contributed by atoms with Crippen molar-refractivity contribution in [3.8, 4) is 0 Å². The number of sulfone groups is 1. The standard InChI is InChI=1S/C14H30N2O2S/c1-5-14(6-2,11-15-7-3)12-16-8-9-19(17,18)10-13(16)4/h13,15H,5-12H2,1-4H3. The van der Waals surface area contributed by atoms with Crippen molar-refractivity contribution < 1.29 is 8.42 Å². The Morgan fingerprint density at radius 1 is 1.26 bits per heavy atom. The Hall–Kier alpha value is -0.130. The largest absolute Gasteiger partial charge is 0.316 e. The van der Waals surface area contributed by atoms with Crippen molar-refractivity contribution in [1.29, 1.82) is 0 Å². The third-order valence-corrected chi connectivity index (χ3v) is 6.39. The zero-order valence-corrected chi connectivity index (χ0v) is 13.7. The normalized spacial score (nSPS) is 24.5. The Morgan fingerprint density at radius 2 is 1.89 bits per heavy atom. The van der Waals surface area contributed by atoms with Gasteiger partial charge in [-0.2, -0.15) is 0 Å². The first kappa shape index (κ1) is 16.9. The molecule has 0 radical (unpaired) electrons. The molecule has 0 aromatic carbocycles. The molecule has 0 aliphatic carbocycles. The minimum absolute atomic E-state index is 0.151. The van der Waals surface area contributed by atoms with Gasteiger partial charge in [0.1, 0.15) is 0 Å². The summed E-state index contributed by atoms with van der Waals surface area (Å²) in [6, 6.07) is 0.151. The molecule has 5 heteroatoms. The van der Waals surface area contributed by atoms with Crippen molar-refractivity contribution in [1.82, 2.24) is 10.2 Å². The Kier molecular flexibility index (Phi) is 6.27.